The molecule has 0 unspecified atom stereocenters. The van der Waals surface area contributed by atoms with Gasteiger partial charge in [0.1, 0.15) is 5.75 Å². The van der Waals surface area contributed by atoms with E-state index in [4.69, 9.17) is 4.74 Å². The molecule has 1 saturated heterocycles. The largest absolute Gasteiger partial charge is 0.497 e. The minimum Gasteiger partial charge on any atom is -0.497 e. The summed E-state index contributed by atoms with van der Waals surface area (Å²) in [7, 11) is 1.64. The predicted molar refractivity (Wildman–Crippen MR) is 92.7 cm³/mol. The van der Waals surface area contributed by atoms with Crippen LogP contribution in [0.25, 0.3) is 0 Å². The summed E-state index contributed by atoms with van der Waals surface area (Å²) in [6, 6.07) is 11.5. The fourth-order valence-corrected chi connectivity index (χ4v) is 3.92. The molecular weight excluding hydrogens is 308 g/mol. The number of aromatic nitrogens is 1. The van der Waals surface area contributed by atoms with Crippen LogP contribution in [0.2, 0.25) is 0 Å². The van der Waals surface area contributed by atoms with Crippen molar-refractivity contribution in [2.45, 2.75) is 24.1 Å². The molecular formula is C18H20N2O2S. The molecule has 5 heteroatoms. The number of thioether (sulfide) groups is 1. The minimum absolute atomic E-state index is 0.0554. The number of nitrogens with zero attached hydrogens (tertiary/aromatic N) is 1. The fourth-order valence-electron chi connectivity index (χ4n) is 2.75. The van der Waals surface area contributed by atoms with Crippen molar-refractivity contribution in [3.8, 4) is 5.75 Å². The third-order valence-electron chi connectivity index (χ3n) is 3.95. The maximum Gasteiger partial charge on any atom is 0.233 e. The molecule has 1 aliphatic heterocycles. The molecule has 2 atom stereocenters. The molecule has 2 heterocycles. The van der Waals surface area contributed by atoms with Gasteiger partial charge in [-0.3, -0.25) is 9.78 Å². The van der Waals surface area contributed by atoms with Gasteiger partial charge in [0.15, 0.2) is 0 Å². The molecule has 0 radical (unpaired) electrons. The fraction of sp³-hybridized carbons (Fsp3) is 0.333. The van der Waals surface area contributed by atoms with E-state index in [1.54, 1.807) is 31.3 Å². The molecule has 0 spiro atoms. The molecule has 2 aromatic rings. The van der Waals surface area contributed by atoms with Crippen LogP contribution < -0.4 is 10.1 Å². The first-order valence-corrected chi connectivity index (χ1v) is 8.78. The van der Waals surface area contributed by atoms with Gasteiger partial charge in [0.05, 0.1) is 18.4 Å². The Hall–Kier alpha value is -2.01. The SMILES string of the molecule is COc1cccc([C@@H](NC(=O)[C@@H]2CCCS2)c2cccnc2)c1. The van der Waals surface area contributed by atoms with Crippen LogP contribution >= 0.6 is 11.8 Å². The number of rotatable bonds is 5. The molecule has 1 aromatic carbocycles. The van der Waals surface area contributed by atoms with Crippen molar-refractivity contribution < 1.29 is 9.53 Å². The summed E-state index contributed by atoms with van der Waals surface area (Å²) in [6.07, 6.45) is 5.60. The van der Waals surface area contributed by atoms with E-state index < -0.39 is 0 Å². The quantitative estimate of drug-likeness (QED) is 0.916. The highest BCUT2D eigenvalue weighted by atomic mass is 32.2. The first kappa shape index (κ1) is 15.9. The van der Waals surface area contributed by atoms with Gasteiger partial charge >= 0.3 is 0 Å². The lowest BCUT2D eigenvalue weighted by atomic mass is 9.99. The van der Waals surface area contributed by atoms with Gasteiger partial charge in [0.2, 0.25) is 5.91 Å². The number of pyridine rings is 1. The van der Waals surface area contributed by atoms with Gasteiger partial charge in [-0.15, -0.1) is 11.8 Å². The second-order valence-electron chi connectivity index (χ2n) is 5.51. The van der Waals surface area contributed by atoms with Gasteiger partial charge < -0.3 is 10.1 Å². The van der Waals surface area contributed by atoms with Gasteiger partial charge in [-0.2, -0.15) is 0 Å². The summed E-state index contributed by atoms with van der Waals surface area (Å²) in [6.45, 7) is 0. The van der Waals surface area contributed by atoms with Crippen LogP contribution in [0.1, 0.15) is 30.0 Å². The summed E-state index contributed by atoms with van der Waals surface area (Å²) < 4.78 is 5.31. The van der Waals surface area contributed by atoms with Gasteiger partial charge in [-0.1, -0.05) is 18.2 Å². The molecule has 4 nitrogen and oxygen atoms in total. The third-order valence-corrected chi connectivity index (χ3v) is 5.33. The molecule has 0 bridgehead atoms. The molecule has 1 fully saturated rings. The van der Waals surface area contributed by atoms with Crippen molar-refractivity contribution >= 4 is 17.7 Å². The van der Waals surface area contributed by atoms with Crippen LogP contribution in [0, 0.1) is 0 Å². The highest BCUT2D eigenvalue weighted by molar-refractivity contribution is 8.00. The molecule has 1 aromatic heterocycles. The zero-order valence-electron chi connectivity index (χ0n) is 13.1. The zero-order valence-corrected chi connectivity index (χ0v) is 13.9. The molecule has 0 saturated carbocycles. The standard InChI is InChI=1S/C18H20N2O2S/c1-22-15-7-2-5-13(11-15)17(14-6-3-9-19-12-14)20-18(21)16-8-4-10-23-16/h2-3,5-7,9,11-12,16-17H,4,8,10H2,1H3,(H,20,21)/t16-,17+/m0/s1. The minimum atomic E-state index is -0.215. The van der Waals surface area contributed by atoms with Crippen molar-refractivity contribution in [1.29, 1.82) is 0 Å². The molecule has 1 N–H and O–H groups in total. The maximum absolute atomic E-state index is 12.6. The summed E-state index contributed by atoms with van der Waals surface area (Å²) in [4.78, 5) is 16.8. The smallest absolute Gasteiger partial charge is 0.233 e. The maximum atomic E-state index is 12.6. The highest BCUT2D eigenvalue weighted by Crippen LogP contribution is 2.29. The lowest BCUT2D eigenvalue weighted by Crippen LogP contribution is -2.35. The van der Waals surface area contributed by atoms with Crippen LogP contribution in [0.5, 0.6) is 5.75 Å². The predicted octanol–water partition coefficient (Wildman–Crippen LogP) is 3.19. The number of hydrogen-bond acceptors (Lipinski definition) is 4. The van der Waals surface area contributed by atoms with Gasteiger partial charge in [-0.05, 0) is 47.9 Å². The Morgan fingerprint density at radius 2 is 2.22 bits per heavy atom. The molecule has 23 heavy (non-hydrogen) atoms. The van der Waals surface area contributed by atoms with Crippen LogP contribution in [0.4, 0.5) is 0 Å². The van der Waals surface area contributed by atoms with E-state index in [1.165, 1.54) is 0 Å². The number of nitrogens with one attached hydrogen (secondary N) is 1. The van der Waals surface area contributed by atoms with Crippen LogP contribution in [-0.4, -0.2) is 29.0 Å². The second kappa shape index (κ2) is 7.51. The molecule has 1 amide bonds. The molecule has 1 aliphatic rings. The van der Waals surface area contributed by atoms with E-state index in [0.717, 1.165) is 35.5 Å². The van der Waals surface area contributed by atoms with Crippen LogP contribution in [0.3, 0.4) is 0 Å². The Kier molecular flexibility index (Phi) is 5.18. The van der Waals surface area contributed by atoms with Crippen LogP contribution in [0.15, 0.2) is 48.8 Å². The first-order chi connectivity index (χ1) is 11.3. The van der Waals surface area contributed by atoms with E-state index in [2.05, 4.69) is 10.3 Å². The van der Waals surface area contributed by atoms with Crippen molar-refractivity contribution in [2.75, 3.05) is 12.9 Å². The number of hydrogen-bond donors (Lipinski definition) is 1. The average molecular weight is 328 g/mol. The lowest BCUT2D eigenvalue weighted by molar-refractivity contribution is -0.121. The van der Waals surface area contributed by atoms with Crippen molar-refractivity contribution in [2.24, 2.45) is 0 Å². The third kappa shape index (κ3) is 3.85. The van der Waals surface area contributed by atoms with E-state index in [9.17, 15) is 4.79 Å². The summed E-state index contributed by atoms with van der Waals surface area (Å²) in [5.74, 6) is 1.94. The zero-order chi connectivity index (χ0) is 16.1. The number of carbonyl (C=O) groups is 1. The summed E-state index contributed by atoms with van der Waals surface area (Å²) >= 11 is 1.74. The first-order valence-electron chi connectivity index (χ1n) is 7.74. The Morgan fingerprint density at radius 3 is 2.91 bits per heavy atom. The van der Waals surface area contributed by atoms with E-state index >= 15 is 0 Å². The lowest BCUT2D eigenvalue weighted by Gasteiger charge is -2.21. The Balaban J connectivity index is 1.88. The van der Waals surface area contributed by atoms with Crippen LogP contribution in [-0.2, 0) is 4.79 Å². The normalized spacial score (nSPS) is 18.4. The molecule has 0 aliphatic carbocycles. The molecule has 120 valence electrons. The average Bonchev–Trinajstić information content (AvgIpc) is 3.15. The van der Waals surface area contributed by atoms with Gasteiger partial charge in [-0.25, -0.2) is 0 Å². The number of methoxy groups -OCH3 is 1. The van der Waals surface area contributed by atoms with Crippen molar-refractivity contribution in [3.63, 3.8) is 0 Å². The molecule has 3 rings (SSSR count). The summed E-state index contributed by atoms with van der Waals surface area (Å²) in [5, 5.41) is 3.24. The topological polar surface area (TPSA) is 51.2 Å². The summed E-state index contributed by atoms with van der Waals surface area (Å²) in [5.41, 5.74) is 1.96. The van der Waals surface area contributed by atoms with E-state index in [1.807, 2.05) is 36.4 Å². The Morgan fingerprint density at radius 1 is 1.35 bits per heavy atom. The van der Waals surface area contributed by atoms with Gasteiger partial charge in [0, 0.05) is 12.4 Å². The number of ether oxygens (including phenoxy) is 1. The van der Waals surface area contributed by atoms with Crippen molar-refractivity contribution in [1.82, 2.24) is 10.3 Å². The Bertz CT molecular complexity index is 657. The number of carbonyl (C=O) groups excluding carboxylic acids is 1. The number of benzene rings is 1. The van der Waals surface area contributed by atoms with E-state index in [-0.39, 0.29) is 17.2 Å². The van der Waals surface area contributed by atoms with Crippen molar-refractivity contribution in [3.05, 3.63) is 59.9 Å². The highest BCUT2D eigenvalue weighted by Gasteiger charge is 2.26. The number of amides is 1. The van der Waals surface area contributed by atoms with E-state index in [0.29, 0.717) is 0 Å². The monoisotopic (exact) mass is 328 g/mol. The Labute approximate surface area is 140 Å². The second-order valence-corrected chi connectivity index (χ2v) is 6.82. The van der Waals surface area contributed by atoms with Gasteiger partial charge in [0.25, 0.3) is 0 Å².